The summed E-state index contributed by atoms with van der Waals surface area (Å²) in [4.78, 5) is 8.69. The highest BCUT2D eigenvalue weighted by Gasteiger charge is 2.07. The zero-order chi connectivity index (χ0) is 14.0. The van der Waals surface area contributed by atoms with Crippen LogP contribution in [0.3, 0.4) is 0 Å². The molecule has 0 heterocycles. The Morgan fingerprint density at radius 3 is 1.28 bits per heavy atom. The van der Waals surface area contributed by atoms with Gasteiger partial charge in [-0.3, -0.25) is 9.98 Å². The molecule has 0 fully saturated rings. The van der Waals surface area contributed by atoms with Crippen molar-refractivity contribution in [3.63, 3.8) is 0 Å². The molecule has 0 saturated heterocycles. The molecule has 0 saturated carbocycles. The molecule has 0 aromatic heterocycles. The first-order valence-electron chi connectivity index (χ1n) is 5.59. The van der Waals surface area contributed by atoms with Crippen molar-refractivity contribution in [2.45, 2.75) is 13.8 Å². The van der Waals surface area contributed by atoms with Gasteiger partial charge in [-0.2, -0.15) is 0 Å². The molecule has 0 spiro atoms. The average Bonchev–Trinajstić information content (AvgIpc) is 2.40. The van der Waals surface area contributed by atoms with Gasteiger partial charge >= 0.3 is 0 Å². The van der Waals surface area contributed by atoms with Crippen molar-refractivity contribution >= 4 is 12.4 Å². The summed E-state index contributed by atoms with van der Waals surface area (Å²) in [7, 11) is 0. The highest BCUT2D eigenvalue weighted by molar-refractivity contribution is 5.75. The van der Waals surface area contributed by atoms with Crippen LogP contribution in [0.25, 0.3) is 0 Å². The lowest BCUT2D eigenvalue weighted by atomic mass is 10.1. The van der Waals surface area contributed by atoms with Gasteiger partial charge in [0.1, 0.15) is 0 Å². The Morgan fingerprint density at radius 2 is 1.06 bits per heavy atom. The molecule has 0 unspecified atom stereocenters. The number of nitrogens with zero attached hydrogens (tertiary/aromatic N) is 2. The lowest BCUT2D eigenvalue weighted by Crippen LogP contribution is -1.92. The van der Waals surface area contributed by atoms with Crippen LogP contribution in [-0.4, -0.2) is 12.4 Å². The molecule has 2 heteroatoms. The Kier molecular flexibility index (Phi) is 7.78. The molecule has 0 rings (SSSR count). The van der Waals surface area contributed by atoms with Gasteiger partial charge in [0.2, 0.25) is 0 Å². The van der Waals surface area contributed by atoms with Crippen LogP contribution in [0.4, 0.5) is 0 Å². The minimum atomic E-state index is 0.750. The molecular formula is C16H20N2. The maximum absolute atomic E-state index is 4.35. The highest BCUT2D eigenvalue weighted by Crippen LogP contribution is 2.22. The summed E-state index contributed by atoms with van der Waals surface area (Å²) in [6.07, 6.45) is 9.98. The first-order chi connectivity index (χ1) is 8.62. The van der Waals surface area contributed by atoms with Gasteiger partial charge in [-0.1, -0.05) is 50.6 Å². The zero-order valence-corrected chi connectivity index (χ0v) is 11.2. The molecule has 0 aliphatic carbocycles. The summed E-state index contributed by atoms with van der Waals surface area (Å²) < 4.78 is 0. The monoisotopic (exact) mass is 240 g/mol. The van der Waals surface area contributed by atoms with Crippen molar-refractivity contribution in [2.24, 2.45) is 9.98 Å². The predicted molar refractivity (Wildman–Crippen MR) is 83.2 cm³/mol. The second-order valence-corrected chi connectivity index (χ2v) is 3.50. The van der Waals surface area contributed by atoms with Gasteiger partial charge < -0.3 is 0 Å². The van der Waals surface area contributed by atoms with Crippen LogP contribution in [0, 0.1) is 0 Å². The highest BCUT2D eigenvalue weighted by atomic mass is 14.8. The van der Waals surface area contributed by atoms with Crippen molar-refractivity contribution in [2.75, 3.05) is 0 Å². The molecule has 0 aliphatic rings. The summed E-state index contributed by atoms with van der Waals surface area (Å²) in [5.41, 5.74) is 3.37. The largest absolute Gasteiger partial charge is 0.254 e. The fourth-order valence-corrected chi connectivity index (χ4v) is 1.15. The van der Waals surface area contributed by atoms with Crippen molar-refractivity contribution < 1.29 is 0 Å². The second kappa shape index (κ2) is 8.88. The smallest absolute Gasteiger partial charge is 0.0917 e. The summed E-state index contributed by atoms with van der Waals surface area (Å²) in [5.74, 6) is 0. The Balaban J connectivity index is 5.95. The number of allylic oxidation sites excluding steroid dienone is 6. The maximum atomic E-state index is 4.35. The first kappa shape index (κ1) is 15.8. The summed E-state index contributed by atoms with van der Waals surface area (Å²) >= 11 is 0. The maximum Gasteiger partial charge on any atom is 0.0917 e. The second-order valence-electron chi connectivity index (χ2n) is 3.50. The van der Waals surface area contributed by atoms with E-state index in [1.54, 1.807) is 36.7 Å². The summed E-state index contributed by atoms with van der Waals surface area (Å²) in [6.45, 7) is 18.6. The molecule has 0 aromatic carbocycles. The van der Waals surface area contributed by atoms with Crippen LogP contribution in [0.1, 0.15) is 13.8 Å². The molecule has 2 nitrogen and oxygen atoms in total. The zero-order valence-electron chi connectivity index (χ0n) is 11.2. The van der Waals surface area contributed by atoms with E-state index in [4.69, 9.17) is 0 Å². The molecule has 0 atom stereocenters. The Hall–Kier alpha value is -2.22. The number of hydrogen-bond donors (Lipinski definition) is 0. The van der Waals surface area contributed by atoms with Crippen LogP contribution in [0.2, 0.25) is 0 Å². The molecular weight excluding hydrogens is 220 g/mol. The van der Waals surface area contributed by atoms with Crippen molar-refractivity contribution in [1.82, 2.24) is 0 Å². The van der Waals surface area contributed by atoms with E-state index in [9.17, 15) is 0 Å². The molecule has 0 bridgehead atoms. The van der Waals surface area contributed by atoms with Crippen LogP contribution < -0.4 is 0 Å². The quantitative estimate of drug-likeness (QED) is 0.465. The average molecular weight is 240 g/mol. The van der Waals surface area contributed by atoms with E-state index in [1.807, 2.05) is 13.8 Å². The van der Waals surface area contributed by atoms with Gasteiger partial charge in [0.15, 0.2) is 0 Å². The molecule has 0 radical (unpaired) electrons. The standard InChI is InChI=1S/C16H20N2/c1-7-11-17-15(13(5)9-3)16(14(6)10-4)18-12-8-2/h7-12H,1-4H2,5-6H3/b15-13-,16-14+,17-11?,18-12?. The third kappa shape index (κ3) is 4.74. The van der Waals surface area contributed by atoms with E-state index in [2.05, 4.69) is 36.3 Å². The van der Waals surface area contributed by atoms with Crippen LogP contribution in [0.15, 0.2) is 83.1 Å². The third-order valence-electron chi connectivity index (χ3n) is 2.20. The van der Waals surface area contributed by atoms with Gasteiger partial charge in [0, 0.05) is 12.4 Å². The van der Waals surface area contributed by atoms with E-state index >= 15 is 0 Å². The van der Waals surface area contributed by atoms with Gasteiger partial charge in [-0.05, 0) is 25.0 Å². The number of rotatable bonds is 7. The fraction of sp³-hybridized carbons (Fsp3) is 0.125. The van der Waals surface area contributed by atoms with Crippen LogP contribution in [-0.2, 0) is 0 Å². The molecule has 18 heavy (non-hydrogen) atoms. The van der Waals surface area contributed by atoms with Crippen molar-refractivity contribution in [1.29, 1.82) is 0 Å². The van der Waals surface area contributed by atoms with Gasteiger partial charge in [-0.25, -0.2) is 0 Å². The molecule has 0 N–H and O–H groups in total. The van der Waals surface area contributed by atoms with Crippen LogP contribution >= 0.6 is 0 Å². The Morgan fingerprint density at radius 1 is 0.722 bits per heavy atom. The molecule has 0 aromatic rings. The Bertz CT molecular complexity index is 413. The van der Waals surface area contributed by atoms with Gasteiger partial charge in [-0.15, -0.1) is 0 Å². The predicted octanol–water partition coefficient (Wildman–Crippen LogP) is 4.42. The molecule has 0 amide bonds. The molecule has 0 aliphatic heterocycles. The van der Waals surface area contributed by atoms with E-state index in [-0.39, 0.29) is 0 Å². The molecule has 94 valence electrons. The van der Waals surface area contributed by atoms with E-state index < -0.39 is 0 Å². The number of aliphatic imine (C=N–C) groups is 2. The lowest BCUT2D eigenvalue weighted by molar-refractivity contribution is 1.17. The minimum absolute atomic E-state index is 0.750. The van der Waals surface area contributed by atoms with Gasteiger partial charge in [0.05, 0.1) is 11.4 Å². The van der Waals surface area contributed by atoms with Gasteiger partial charge in [0.25, 0.3) is 0 Å². The first-order valence-corrected chi connectivity index (χ1v) is 5.59. The normalized spacial score (nSPS) is 14.1. The minimum Gasteiger partial charge on any atom is -0.254 e. The summed E-state index contributed by atoms with van der Waals surface area (Å²) in [5, 5.41) is 0. The van der Waals surface area contributed by atoms with E-state index in [0.717, 1.165) is 22.5 Å². The number of hydrogen-bond acceptors (Lipinski definition) is 2. The lowest BCUT2D eigenvalue weighted by Gasteiger charge is -2.08. The fourth-order valence-electron chi connectivity index (χ4n) is 1.15. The topological polar surface area (TPSA) is 24.7 Å². The summed E-state index contributed by atoms with van der Waals surface area (Å²) in [6, 6.07) is 0. The Labute approximate surface area is 110 Å². The van der Waals surface area contributed by atoms with E-state index in [0.29, 0.717) is 0 Å². The van der Waals surface area contributed by atoms with Crippen molar-refractivity contribution in [3.05, 3.63) is 73.2 Å². The van der Waals surface area contributed by atoms with Crippen LogP contribution in [0.5, 0.6) is 0 Å². The van der Waals surface area contributed by atoms with Crippen molar-refractivity contribution in [3.8, 4) is 0 Å². The third-order valence-corrected chi connectivity index (χ3v) is 2.20. The SMILES string of the molecule is C=CC=NC(=C(/C)C=C)/C(N=CC=C)=C(/C)C=C. The van der Waals surface area contributed by atoms with E-state index in [1.165, 1.54) is 0 Å².